The molecule has 1 spiro atoms. The SMILES string of the molecule is CC.O=CCC1CCC(C(=O)c2ccc3c(c2)C(C2=NCC(c4ccccc4F)=CN2)CC32CC2)CC1. The lowest BCUT2D eigenvalue weighted by atomic mass is 9.77. The van der Waals surface area contributed by atoms with Gasteiger partial charge in [-0.25, -0.2) is 4.39 Å². The van der Waals surface area contributed by atoms with E-state index < -0.39 is 0 Å². The van der Waals surface area contributed by atoms with Crippen molar-refractivity contribution in [2.75, 3.05) is 6.54 Å². The average molecular weight is 501 g/mol. The number of aliphatic imine (C=N–C) groups is 1. The molecule has 2 fully saturated rings. The predicted molar refractivity (Wildman–Crippen MR) is 146 cm³/mol. The number of hydrogen-bond donors (Lipinski definition) is 1. The number of aldehydes is 1. The molecule has 4 aliphatic rings. The lowest BCUT2D eigenvalue weighted by molar-refractivity contribution is -0.108. The number of Topliss-reactive ketones (excluding diaryl/α,β-unsaturated/α-hetero) is 1. The minimum absolute atomic E-state index is 0.0575. The highest BCUT2D eigenvalue weighted by Crippen LogP contribution is 2.61. The van der Waals surface area contributed by atoms with Gasteiger partial charge in [0.2, 0.25) is 0 Å². The Balaban J connectivity index is 0.00000137. The fourth-order valence-corrected chi connectivity index (χ4v) is 6.52. The summed E-state index contributed by atoms with van der Waals surface area (Å²) in [6.45, 7) is 4.45. The van der Waals surface area contributed by atoms with Crippen molar-refractivity contribution in [3.8, 4) is 0 Å². The third-order valence-electron chi connectivity index (χ3n) is 8.74. The zero-order valence-electron chi connectivity index (χ0n) is 21.9. The molecule has 1 N–H and O–H groups in total. The molecule has 5 heteroatoms. The van der Waals surface area contributed by atoms with E-state index in [0.29, 0.717) is 24.4 Å². The molecule has 2 aromatic carbocycles. The molecule has 0 saturated heterocycles. The maximum absolute atomic E-state index is 14.2. The van der Waals surface area contributed by atoms with Crippen molar-refractivity contribution in [1.29, 1.82) is 0 Å². The summed E-state index contributed by atoms with van der Waals surface area (Å²) in [5.74, 6) is 1.57. The molecular formula is C32H37FN2O2. The van der Waals surface area contributed by atoms with Crippen LogP contribution in [0.5, 0.6) is 0 Å². The highest BCUT2D eigenvalue weighted by Gasteiger charge is 2.53. The van der Waals surface area contributed by atoms with Gasteiger partial charge in [-0.2, -0.15) is 0 Å². The summed E-state index contributed by atoms with van der Waals surface area (Å²) in [5, 5.41) is 3.38. The third kappa shape index (κ3) is 4.93. The van der Waals surface area contributed by atoms with Crippen molar-refractivity contribution in [1.82, 2.24) is 5.32 Å². The molecule has 1 heterocycles. The molecule has 2 aromatic rings. The number of carbonyl (C=O) groups is 2. The first kappa shape index (κ1) is 25.6. The molecule has 37 heavy (non-hydrogen) atoms. The van der Waals surface area contributed by atoms with Crippen LogP contribution in [0.15, 0.2) is 53.7 Å². The van der Waals surface area contributed by atoms with E-state index in [0.717, 1.165) is 55.4 Å². The highest BCUT2D eigenvalue weighted by molar-refractivity contribution is 6.00. The maximum atomic E-state index is 14.2. The van der Waals surface area contributed by atoms with Gasteiger partial charge in [0.05, 0.1) is 6.54 Å². The van der Waals surface area contributed by atoms with E-state index >= 15 is 0 Å². The van der Waals surface area contributed by atoms with Gasteiger partial charge in [-0.3, -0.25) is 9.79 Å². The normalized spacial score (nSPS) is 25.1. The van der Waals surface area contributed by atoms with Crippen LogP contribution in [0.2, 0.25) is 0 Å². The molecule has 3 aliphatic carbocycles. The van der Waals surface area contributed by atoms with Gasteiger partial charge in [-0.15, -0.1) is 0 Å². The van der Waals surface area contributed by atoms with Gasteiger partial charge in [-0.05, 0) is 85.1 Å². The Morgan fingerprint density at radius 3 is 2.51 bits per heavy atom. The number of carbonyl (C=O) groups excluding carboxylic acids is 2. The van der Waals surface area contributed by atoms with Gasteiger partial charge in [0.1, 0.15) is 17.9 Å². The smallest absolute Gasteiger partial charge is 0.165 e. The number of halogens is 1. The average Bonchev–Trinajstić information content (AvgIpc) is 3.66. The van der Waals surface area contributed by atoms with E-state index in [-0.39, 0.29) is 28.9 Å². The van der Waals surface area contributed by atoms with Crippen LogP contribution in [-0.4, -0.2) is 24.4 Å². The summed E-state index contributed by atoms with van der Waals surface area (Å²) >= 11 is 0. The predicted octanol–water partition coefficient (Wildman–Crippen LogP) is 6.99. The fraction of sp³-hybridized carbons (Fsp3) is 0.469. The minimum atomic E-state index is -0.231. The molecule has 1 atom stereocenters. The van der Waals surface area contributed by atoms with Crippen LogP contribution in [0.4, 0.5) is 4.39 Å². The van der Waals surface area contributed by atoms with Gasteiger partial charge < -0.3 is 10.1 Å². The first-order chi connectivity index (χ1) is 18.1. The van der Waals surface area contributed by atoms with Crippen LogP contribution in [0.1, 0.15) is 98.2 Å². The van der Waals surface area contributed by atoms with Gasteiger partial charge in [-0.1, -0.05) is 44.2 Å². The summed E-state index contributed by atoms with van der Waals surface area (Å²) in [5.41, 5.74) is 5.08. The van der Waals surface area contributed by atoms with E-state index in [1.165, 1.54) is 30.0 Å². The number of benzene rings is 2. The molecule has 0 aromatic heterocycles. The molecule has 2 saturated carbocycles. The van der Waals surface area contributed by atoms with E-state index in [2.05, 4.69) is 17.4 Å². The zero-order valence-corrected chi connectivity index (χ0v) is 21.9. The highest BCUT2D eigenvalue weighted by atomic mass is 19.1. The van der Waals surface area contributed by atoms with Gasteiger partial charge in [0.15, 0.2) is 5.78 Å². The van der Waals surface area contributed by atoms with Crippen molar-refractivity contribution < 1.29 is 14.0 Å². The van der Waals surface area contributed by atoms with E-state index in [9.17, 15) is 14.0 Å². The number of fused-ring (bicyclic) bond motifs is 2. The molecule has 1 aliphatic heterocycles. The standard InChI is InChI=1S/C30H31FN2O2.C2H6/c31-27-4-2-1-3-23(27)22-17-32-29(33-18-22)25-16-30(12-13-30)26-10-9-21(15-24(25)26)28(35)20-7-5-19(6-8-20)11-14-34;1-2/h1-4,9-10,14-15,17,19-20,25H,5-8,11-13,16,18H2,(H,32,33);1-2H3. The van der Waals surface area contributed by atoms with Crippen molar-refractivity contribution in [3.63, 3.8) is 0 Å². The Hall–Kier alpha value is -3.08. The number of nitrogens with one attached hydrogen (secondary N) is 1. The van der Waals surface area contributed by atoms with Crippen LogP contribution in [0.25, 0.3) is 5.57 Å². The van der Waals surface area contributed by atoms with Crippen LogP contribution in [0.3, 0.4) is 0 Å². The lowest BCUT2D eigenvalue weighted by Crippen LogP contribution is -2.28. The first-order valence-corrected chi connectivity index (χ1v) is 13.9. The maximum Gasteiger partial charge on any atom is 0.165 e. The van der Waals surface area contributed by atoms with Gasteiger partial charge in [0, 0.05) is 35.6 Å². The Bertz CT molecular complexity index is 1240. The zero-order chi connectivity index (χ0) is 26.0. The fourth-order valence-electron chi connectivity index (χ4n) is 6.52. The van der Waals surface area contributed by atoms with Crippen molar-refractivity contribution in [2.45, 2.75) is 76.5 Å². The van der Waals surface area contributed by atoms with E-state index in [4.69, 9.17) is 4.99 Å². The molecule has 0 radical (unpaired) electrons. The van der Waals surface area contributed by atoms with Crippen LogP contribution >= 0.6 is 0 Å². The van der Waals surface area contributed by atoms with Crippen LogP contribution in [0, 0.1) is 17.7 Å². The van der Waals surface area contributed by atoms with Gasteiger partial charge in [0.25, 0.3) is 0 Å². The number of amidine groups is 1. The minimum Gasteiger partial charge on any atom is -0.350 e. The van der Waals surface area contributed by atoms with Crippen LogP contribution in [-0.2, 0) is 10.2 Å². The summed E-state index contributed by atoms with van der Waals surface area (Å²) in [7, 11) is 0. The Labute approximate surface area is 219 Å². The summed E-state index contributed by atoms with van der Waals surface area (Å²) in [4.78, 5) is 29.1. The molecule has 6 rings (SSSR count). The second-order valence-electron chi connectivity index (χ2n) is 10.8. The largest absolute Gasteiger partial charge is 0.350 e. The number of ketones is 1. The van der Waals surface area contributed by atoms with Crippen molar-refractivity contribution in [2.24, 2.45) is 16.8 Å². The summed E-state index contributed by atoms with van der Waals surface area (Å²) < 4.78 is 14.2. The second-order valence-corrected chi connectivity index (χ2v) is 10.8. The Morgan fingerprint density at radius 2 is 1.86 bits per heavy atom. The first-order valence-electron chi connectivity index (χ1n) is 13.9. The van der Waals surface area contributed by atoms with E-state index in [1.54, 1.807) is 12.1 Å². The molecule has 194 valence electrons. The third-order valence-corrected chi connectivity index (χ3v) is 8.74. The van der Waals surface area contributed by atoms with E-state index in [1.807, 2.05) is 32.2 Å². The molecule has 0 bridgehead atoms. The quantitative estimate of drug-likeness (QED) is 0.343. The topological polar surface area (TPSA) is 58.5 Å². The van der Waals surface area contributed by atoms with Gasteiger partial charge >= 0.3 is 0 Å². The number of nitrogens with zero attached hydrogens (tertiary/aromatic N) is 1. The van der Waals surface area contributed by atoms with Crippen molar-refractivity contribution >= 4 is 23.5 Å². The van der Waals surface area contributed by atoms with Crippen LogP contribution < -0.4 is 5.32 Å². The van der Waals surface area contributed by atoms with Crippen molar-refractivity contribution in [3.05, 3.63) is 76.7 Å². The number of rotatable bonds is 6. The molecule has 1 unspecified atom stereocenters. The second kappa shape index (κ2) is 10.7. The molecule has 0 amide bonds. The molecule has 4 nitrogen and oxygen atoms in total. The summed E-state index contributed by atoms with van der Waals surface area (Å²) in [6.07, 6.45) is 10.6. The lowest BCUT2D eigenvalue weighted by Gasteiger charge is -2.26. The molecular weight excluding hydrogens is 463 g/mol. The summed E-state index contributed by atoms with van der Waals surface area (Å²) in [6, 6.07) is 13.2. The Morgan fingerprint density at radius 1 is 1.11 bits per heavy atom. The monoisotopic (exact) mass is 500 g/mol. The number of hydrogen-bond acceptors (Lipinski definition) is 4. The Kier molecular flexibility index (Phi) is 7.41.